The number of furan rings is 1. The minimum absolute atomic E-state index is 0.0342. The van der Waals surface area contributed by atoms with Crippen molar-refractivity contribution in [3.05, 3.63) is 60.1 Å². The van der Waals surface area contributed by atoms with E-state index in [1.54, 1.807) is 6.26 Å². The number of benzene rings is 1. The Kier molecular flexibility index (Phi) is 4.59. The van der Waals surface area contributed by atoms with E-state index in [0.717, 1.165) is 11.3 Å². The summed E-state index contributed by atoms with van der Waals surface area (Å²) in [4.78, 5) is 12.1. The first-order chi connectivity index (χ1) is 10.7. The molecule has 22 heavy (non-hydrogen) atoms. The van der Waals surface area contributed by atoms with Gasteiger partial charge in [0.25, 0.3) is 0 Å². The highest BCUT2D eigenvalue weighted by Crippen LogP contribution is 2.32. The standard InChI is InChI=1S/C18H22N2O2/c1-13(14-9-10-14)20-17(21)12-19-18(16-8-5-11-22-16)15-6-3-2-4-7-15/h2-8,11,13-14,18-19H,9-10,12H2,1H3,(H,20,21)/t13-,18+/m1/s1. The zero-order valence-corrected chi connectivity index (χ0v) is 12.8. The van der Waals surface area contributed by atoms with Gasteiger partial charge in [0.1, 0.15) is 5.76 Å². The molecule has 2 atom stereocenters. The van der Waals surface area contributed by atoms with Crippen LogP contribution in [0.15, 0.2) is 53.1 Å². The van der Waals surface area contributed by atoms with Crippen molar-refractivity contribution in [3.8, 4) is 0 Å². The average molecular weight is 298 g/mol. The Hall–Kier alpha value is -2.07. The van der Waals surface area contributed by atoms with Gasteiger partial charge in [-0.1, -0.05) is 30.3 Å². The predicted octanol–water partition coefficient (Wildman–Crippen LogP) is 2.87. The molecule has 1 fully saturated rings. The summed E-state index contributed by atoms with van der Waals surface area (Å²) in [6.45, 7) is 2.36. The summed E-state index contributed by atoms with van der Waals surface area (Å²) in [6, 6.07) is 14.0. The Morgan fingerprint density at radius 3 is 2.64 bits per heavy atom. The van der Waals surface area contributed by atoms with Gasteiger partial charge < -0.3 is 9.73 Å². The fourth-order valence-corrected chi connectivity index (χ4v) is 2.70. The van der Waals surface area contributed by atoms with Gasteiger partial charge >= 0.3 is 0 Å². The van der Waals surface area contributed by atoms with E-state index in [2.05, 4.69) is 17.6 Å². The Balaban J connectivity index is 1.62. The van der Waals surface area contributed by atoms with E-state index < -0.39 is 0 Å². The number of hydrogen-bond donors (Lipinski definition) is 2. The average Bonchev–Trinajstić information content (AvgIpc) is 3.25. The van der Waals surface area contributed by atoms with Crippen LogP contribution in [0.5, 0.6) is 0 Å². The molecule has 1 heterocycles. The number of carbonyl (C=O) groups excluding carboxylic acids is 1. The van der Waals surface area contributed by atoms with E-state index in [1.807, 2.05) is 42.5 Å². The highest BCUT2D eigenvalue weighted by Gasteiger charge is 2.29. The number of carbonyl (C=O) groups is 1. The summed E-state index contributed by atoms with van der Waals surface area (Å²) in [6.07, 6.45) is 4.12. The van der Waals surface area contributed by atoms with E-state index in [4.69, 9.17) is 4.42 Å². The summed E-state index contributed by atoms with van der Waals surface area (Å²) < 4.78 is 5.52. The van der Waals surface area contributed by atoms with Gasteiger partial charge in [0, 0.05) is 6.04 Å². The van der Waals surface area contributed by atoms with E-state index in [9.17, 15) is 4.79 Å². The van der Waals surface area contributed by atoms with Crippen LogP contribution in [0.1, 0.15) is 37.1 Å². The maximum Gasteiger partial charge on any atom is 0.234 e. The third kappa shape index (κ3) is 3.77. The molecule has 0 aliphatic heterocycles. The van der Waals surface area contributed by atoms with Crippen LogP contribution in [0.3, 0.4) is 0 Å². The quantitative estimate of drug-likeness (QED) is 0.826. The van der Waals surface area contributed by atoms with Gasteiger partial charge in [-0.05, 0) is 43.4 Å². The van der Waals surface area contributed by atoms with Crippen LogP contribution < -0.4 is 10.6 Å². The van der Waals surface area contributed by atoms with E-state index in [1.165, 1.54) is 12.8 Å². The second-order valence-electron chi connectivity index (χ2n) is 5.93. The fraction of sp³-hybridized carbons (Fsp3) is 0.389. The molecule has 0 spiro atoms. The van der Waals surface area contributed by atoms with Crippen molar-refractivity contribution >= 4 is 5.91 Å². The third-order valence-electron chi connectivity index (χ3n) is 4.15. The van der Waals surface area contributed by atoms with Gasteiger partial charge in [0.15, 0.2) is 0 Å². The Morgan fingerprint density at radius 2 is 2.00 bits per heavy atom. The van der Waals surface area contributed by atoms with Crippen LogP contribution in [0.25, 0.3) is 0 Å². The molecule has 0 bridgehead atoms. The first kappa shape index (κ1) is 14.9. The summed E-state index contributed by atoms with van der Waals surface area (Å²) in [5.41, 5.74) is 1.08. The van der Waals surface area contributed by atoms with E-state index in [0.29, 0.717) is 5.92 Å². The van der Waals surface area contributed by atoms with E-state index >= 15 is 0 Å². The second kappa shape index (κ2) is 6.79. The van der Waals surface area contributed by atoms with Crippen LogP contribution in [-0.2, 0) is 4.79 Å². The molecule has 4 heteroatoms. The smallest absolute Gasteiger partial charge is 0.234 e. The van der Waals surface area contributed by atoms with Crippen molar-refractivity contribution in [2.75, 3.05) is 6.54 Å². The minimum atomic E-state index is -0.113. The lowest BCUT2D eigenvalue weighted by atomic mass is 10.0. The molecule has 1 aromatic heterocycles. The minimum Gasteiger partial charge on any atom is -0.467 e. The molecule has 2 N–H and O–H groups in total. The lowest BCUT2D eigenvalue weighted by Crippen LogP contribution is -2.41. The first-order valence-electron chi connectivity index (χ1n) is 7.85. The van der Waals surface area contributed by atoms with Gasteiger partial charge in [-0.25, -0.2) is 0 Å². The Morgan fingerprint density at radius 1 is 1.23 bits per heavy atom. The molecule has 3 rings (SSSR count). The first-order valence-corrected chi connectivity index (χ1v) is 7.85. The van der Waals surface area contributed by atoms with Crippen LogP contribution in [-0.4, -0.2) is 18.5 Å². The molecular formula is C18H22N2O2. The molecule has 0 radical (unpaired) electrons. The number of nitrogens with one attached hydrogen (secondary N) is 2. The molecule has 116 valence electrons. The molecule has 4 nitrogen and oxygen atoms in total. The van der Waals surface area contributed by atoms with Crippen LogP contribution >= 0.6 is 0 Å². The lowest BCUT2D eigenvalue weighted by molar-refractivity contribution is -0.121. The van der Waals surface area contributed by atoms with Crippen molar-refractivity contribution < 1.29 is 9.21 Å². The lowest BCUT2D eigenvalue weighted by Gasteiger charge is -2.18. The monoisotopic (exact) mass is 298 g/mol. The SMILES string of the molecule is C[C@@H](NC(=O)CN[C@@H](c1ccccc1)c1ccco1)C1CC1. The van der Waals surface area contributed by atoms with Crippen molar-refractivity contribution in [2.24, 2.45) is 5.92 Å². The molecule has 1 aliphatic rings. The van der Waals surface area contributed by atoms with E-state index in [-0.39, 0.29) is 24.5 Å². The normalized spacial score (nSPS) is 17.0. The van der Waals surface area contributed by atoms with Gasteiger partial charge in [-0.15, -0.1) is 0 Å². The Labute approximate surface area is 130 Å². The largest absolute Gasteiger partial charge is 0.467 e. The third-order valence-corrected chi connectivity index (χ3v) is 4.15. The van der Waals surface area contributed by atoms with Gasteiger partial charge in [0.05, 0.1) is 18.8 Å². The van der Waals surface area contributed by atoms with Crippen LogP contribution in [0, 0.1) is 5.92 Å². The molecular weight excluding hydrogens is 276 g/mol. The number of hydrogen-bond acceptors (Lipinski definition) is 3. The molecule has 2 aromatic rings. The highest BCUT2D eigenvalue weighted by atomic mass is 16.3. The molecule has 1 aromatic carbocycles. The van der Waals surface area contributed by atoms with Crippen LogP contribution in [0.4, 0.5) is 0 Å². The van der Waals surface area contributed by atoms with Gasteiger partial charge in [-0.2, -0.15) is 0 Å². The predicted molar refractivity (Wildman–Crippen MR) is 85.3 cm³/mol. The summed E-state index contributed by atoms with van der Waals surface area (Å²) in [5.74, 6) is 1.51. The summed E-state index contributed by atoms with van der Waals surface area (Å²) >= 11 is 0. The number of rotatable bonds is 7. The summed E-state index contributed by atoms with van der Waals surface area (Å²) in [5, 5.41) is 6.36. The topological polar surface area (TPSA) is 54.3 Å². The number of amides is 1. The maximum absolute atomic E-state index is 12.1. The van der Waals surface area contributed by atoms with Crippen molar-refractivity contribution in [1.29, 1.82) is 0 Å². The fourth-order valence-electron chi connectivity index (χ4n) is 2.70. The van der Waals surface area contributed by atoms with Crippen molar-refractivity contribution in [3.63, 3.8) is 0 Å². The van der Waals surface area contributed by atoms with Crippen molar-refractivity contribution in [1.82, 2.24) is 10.6 Å². The zero-order chi connectivity index (χ0) is 15.4. The Bertz CT molecular complexity index is 591. The highest BCUT2D eigenvalue weighted by molar-refractivity contribution is 5.78. The zero-order valence-electron chi connectivity index (χ0n) is 12.8. The van der Waals surface area contributed by atoms with Crippen molar-refractivity contribution in [2.45, 2.75) is 31.8 Å². The molecule has 0 saturated heterocycles. The summed E-state index contributed by atoms with van der Waals surface area (Å²) in [7, 11) is 0. The second-order valence-corrected chi connectivity index (χ2v) is 5.93. The molecule has 1 aliphatic carbocycles. The molecule has 1 amide bonds. The molecule has 1 saturated carbocycles. The maximum atomic E-state index is 12.1. The van der Waals surface area contributed by atoms with Crippen LogP contribution in [0.2, 0.25) is 0 Å². The van der Waals surface area contributed by atoms with Gasteiger partial charge in [-0.3, -0.25) is 10.1 Å². The van der Waals surface area contributed by atoms with Gasteiger partial charge in [0.2, 0.25) is 5.91 Å². The molecule has 0 unspecified atom stereocenters.